The number of amides is 3. The van der Waals surface area contributed by atoms with Crippen LogP contribution in [-0.2, 0) is 6.61 Å². The Morgan fingerprint density at radius 3 is 2.63 bits per heavy atom. The Morgan fingerprint density at radius 2 is 1.85 bits per heavy atom. The molecule has 3 aromatic rings. The van der Waals surface area contributed by atoms with Gasteiger partial charge in [-0.25, -0.2) is 10.2 Å². The highest BCUT2D eigenvalue weighted by atomic mass is 35.5. The largest absolute Gasteiger partial charge is 0.489 e. The number of hydrogen-bond acceptors (Lipinski definition) is 3. The molecule has 0 fully saturated rings. The predicted molar refractivity (Wildman–Crippen MR) is 104 cm³/mol. The molecule has 0 radical (unpaired) electrons. The zero-order valence-corrected chi connectivity index (χ0v) is 15.2. The van der Waals surface area contributed by atoms with Gasteiger partial charge >= 0.3 is 6.03 Å². The van der Waals surface area contributed by atoms with E-state index in [1.807, 2.05) is 48.5 Å². The van der Waals surface area contributed by atoms with Crippen molar-refractivity contribution in [3.05, 3.63) is 65.9 Å². The summed E-state index contributed by atoms with van der Waals surface area (Å²) < 4.78 is 5.80. The summed E-state index contributed by atoms with van der Waals surface area (Å²) in [5.74, 6) is 0.535. The summed E-state index contributed by atoms with van der Waals surface area (Å²) in [6.45, 7) is 0.771. The number of halogens is 1. The zero-order chi connectivity index (χ0) is 19.1. The zero-order valence-electron chi connectivity index (χ0n) is 14.4. The lowest BCUT2D eigenvalue weighted by molar-refractivity contribution is 0.0932. The van der Waals surface area contributed by atoms with Crippen LogP contribution in [0.2, 0.25) is 0 Å². The third-order valence-electron chi connectivity index (χ3n) is 3.75. The summed E-state index contributed by atoms with van der Waals surface area (Å²) in [4.78, 5) is 26.6. The fourth-order valence-corrected chi connectivity index (χ4v) is 2.54. The van der Waals surface area contributed by atoms with E-state index in [4.69, 9.17) is 16.3 Å². The Morgan fingerprint density at radius 1 is 1.04 bits per heavy atom. The minimum Gasteiger partial charge on any atom is -0.489 e. The molecule has 2 aromatic carbocycles. The van der Waals surface area contributed by atoms with Crippen LogP contribution >= 0.6 is 11.6 Å². The molecular formula is C19H19ClN4O3. The van der Waals surface area contributed by atoms with Gasteiger partial charge < -0.3 is 15.0 Å². The van der Waals surface area contributed by atoms with Crippen molar-refractivity contribution in [2.75, 3.05) is 12.4 Å². The highest BCUT2D eigenvalue weighted by Crippen LogP contribution is 2.22. The maximum atomic E-state index is 12.1. The molecule has 0 saturated heterocycles. The van der Waals surface area contributed by atoms with Gasteiger partial charge in [-0.3, -0.25) is 10.2 Å². The van der Waals surface area contributed by atoms with Gasteiger partial charge in [0.25, 0.3) is 5.91 Å². The van der Waals surface area contributed by atoms with Crippen LogP contribution in [-0.4, -0.2) is 29.3 Å². The molecule has 0 aliphatic rings. The van der Waals surface area contributed by atoms with E-state index in [-0.39, 0.29) is 5.88 Å². The van der Waals surface area contributed by atoms with Gasteiger partial charge in [0.2, 0.25) is 0 Å². The van der Waals surface area contributed by atoms with Crippen molar-refractivity contribution >= 4 is 34.4 Å². The molecule has 0 aliphatic carbocycles. The molecule has 1 heterocycles. The lowest BCUT2D eigenvalue weighted by Crippen LogP contribution is -2.47. The van der Waals surface area contributed by atoms with Gasteiger partial charge in [-0.1, -0.05) is 30.3 Å². The Balaban J connectivity index is 1.61. The molecule has 0 aliphatic heterocycles. The minimum atomic E-state index is -0.531. The van der Waals surface area contributed by atoms with Crippen LogP contribution in [0.5, 0.6) is 5.75 Å². The highest BCUT2D eigenvalue weighted by Gasteiger charge is 2.11. The van der Waals surface area contributed by atoms with Crippen molar-refractivity contribution in [3.63, 3.8) is 0 Å². The first-order chi connectivity index (χ1) is 13.2. The third kappa shape index (κ3) is 5.15. The SMILES string of the molecule is O=C(NCCCl)NNC(=O)c1cc2cc(OCc3ccccc3)ccc2[nH]1. The second-order valence-corrected chi connectivity index (χ2v) is 6.11. The summed E-state index contributed by atoms with van der Waals surface area (Å²) in [6, 6.07) is 16.6. The minimum absolute atomic E-state index is 0.290. The van der Waals surface area contributed by atoms with Crippen LogP contribution in [0.15, 0.2) is 54.6 Å². The van der Waals surface area contributed by atoms with E-state index in [0.29, 0.717) is 24.6 Å². The van der Waals surface area contributed by atoms with E-state index < -0.39 is 11.9 Å². The van der Waals surface area contributed by atoms with Gasteiger partial charge in [0.05, 0.1) is 0 Å². The number of alkyl halides is 1. The van der Waals surface area contributed by atoms with Crippen molar-refractivity contribution < 1.29 is 14.3 Å². The first-order valence-electron chi connectivity index (χ1n) is 8.35. The van der Waals surface area contributed by atoms with Crippen LogP contribution in [0, 0.1) is 0 Å². The number of carbonyl (C=O) groups is 2. The number of rotatable bonds is 6. The van der Waals surface area contributed by atoms with Crippen LogP contribution in [0.25, 0.3) is 10.9 Å². The Bertz CT molecular complexity index is 927. The monoisotopic (exact) mass is 386 g/mol. The molecule has 8 heteroatoms. The summed E-state index contributed by atoms with van der Waals surface area (Å²) in [5.41, 5.74) is 6.77. The van der Waals surface area contributed by atoms with Crippen LogP contribution in [0.4, 0.5) is 4.79 Å². The fourth-order valence-electron chi connectivity index (χ4n) is 2.45. The number of urea groups is 1. The number of H-pyrrole nitrogens is 1. The van der Waals surface area contributed by atoms with E-state index in [1.165, 1.54) is 0 Å². The van der Waals surface area contributed by atoms with Crippen molar-refractivity contribution in [2.24, 2.45) is 0 Å². The Hall–Kier alpha value is -3.19. The second kappa shape index (κ2) is 8.95. The lowest BCUT2D eigenvalue weighted by atomic mass is 10.2. The van der Waals surface area contributed by atoms with Gasteiger partial charge in [0.1, 0.15) is 18.1 Å². The average molecular weight is 387 g/mol. The van der Waals surface area contributed by atoms with E-state index >= 15 is 0 Å². The fraction of sp³-hybridized carbons (Fsp3) is 0.158. The smallest absolute Gasteiger partial charge is 0.333 e. The molecule has 140 valence electrons. The number of ether oxygens (including phenoxy) is 1. The summed E-state index contributed by atoms with van der Waals surface area (Å²) in [5, 5.41) is 3.31. The normalized spacial score (nSPS) is 10.4. The third-order valence-corrected chi connectivity index (χ3v) is 3.94. The molecular weight excluding hydrogens is 368 g/mol. The van der Waals surface area contributed by atoms with Crippen LogP contribution in [0.3, 0.4) is 0 Å². The van der Waals surface area contributed by atoms with Gasteiger partial charge in [-0.2, -0.15) is 0 Å². The van der Waals surface area contributed by atoms with Gasteiger partial charge in [-0.05, 0) is 29.8 Å². The highest BCUT2D eigenvalue weighted by molar-refractivity contribution is 6.18. The van der Waals surface area contributed by atoms with E-state index in [9.17, 15) is 9.59 Å². The van der Waals surface area contributed by atoms with Gasteiger partial charge in [0.15, 0.2) is 0 Å². The maximum Gasteiger partial charge on any atom is 0.333 e. The molecule has 1 aromatic heterocycles. The van der Waals surface area contributed by atoms with Gasteiger partial charge in [0, 0.05) is 23.3 Å². The summed E-state index contributed by atoms with van der Waals surface area (Å²) >= 11 is 5.47. The van der Waals surface area contributed by atoms with Crippen LogP contribution < -0.4 is 20.9 Å². The molecule has 3 rings (SSSR count). The topological polar surface area (TPSA) is 95.2 Å². The Kier molecular flexibility index (Phi) is 6.17. The number of nitrogens with one attached hydrogen (secondary N) is 4. The van der Waals surface area contributed by atoms with E-state index in [0.717, 1.165) is 16.5 Å². The number of fused-ring (bicyclic) bond motifs is 1. The summed E-state index contributed by atoms with van der Waals surface area (Å²) in [6.07, 6.45) is 0. The molecule has 0 saturated carbocycles. The van der Waals surface area contributed by atoms with E-state index in [1.54, 1.807) is 6.07 Å². The maximum absolute atomic E-state index is 12.1. The summed E-state index contributed by atoms with van der Waals surface area (Å²) in [7, 11) is 0. The molecule has 4 N–H and O–H groups in total. The number of hydrazine groups is 1. The molecule has 0 atom stereocenters. The number of benzene rings is 2. The van der Waals surface area contributed by atoms with Crippen LogP contribution in [0.1, 0.15) is 16.1 Å². The van der Waals surface area contributed by atoms with Crippen molar-refractivity contribution in [2.45, 2.75) is 6.61 Å². The lowest BCUT2D eigenvalue weighted by Gasteiger charge is -2.06. The molecule has 7 nitrogen and oxygen atoms in total. The first-order valence-corrected chi connectivity index (χ1v) is 8.89. The average Bonchev–Trinajstić information content (AvgIpc) is 3.13. The molecule has 27 heavy (non-hydrogen) atoms. The number of aromatic amines is 1. The molecule has 0 bridgehead atoms. The quantitative estimate of drug-likeness (QED) is 0.387. The van der Waals surface area contributed by atoms with Crippen molar-refractivity contribution in [3.8, 4) is 5.75 Å². The number of hydrogen-bond donors (Lipinski definition) is 4. The molecule has 3 amide bonds. The number of carbonyl (C=O) groups excluding carboxylic acids is 2. The van der Waals surface area contributed by atoms with E-state index in [2.05, 4.69) is 21.2 Å². The first kappa shape index (κ1) is 18.6. The second-order valence-electron chi connectivity index (χ2n) is 5.73. The van der Waals surface area contributed by atoms with Crippen molar-refractivity contribution in [1.29, 1.82) is 0 Å². The Labute approximate surface area is 161 Å². The number of aromatic nitrogens is 1. The molecule has 0 spiro atoms. The van der Waals surface area contributed by atoms with Crippen molar-refractivity contribution in [1.82, 2.24) is 21.2 Å². The van der Waals surface area contributed by atoms with Gasteiger partial charge in [-0.15, -0.1) is 11.6 Å². The standard InChI is InChI=1S/C19H19ClN4O3/c20-8-9-21-19(26)24-23-18(25)17-11-14-10-15(6-7-16(14)22-17)27-12-13-4-2-1-3-5-13/h1-7,10-11,22H,8-9,12H2,(H,23,25)(H2,21,24,26). The molecule has 0 unspecified atom stereocenters. The predicted octanol–water partition coefficient (Wildman–Crippen LogP) is 2.93.